The molecule has 2 amide bonds. The van der Waals surface area contributed by atoms with E-state index in [1.807, 2.05) is 25.1 Å². The summed E-state index contributed by atoms with van der Waals surface area (Å²) in [6.07, 6.45) is 2.70. The summed E-state index contributed by atoms with van der Waals surface area (Å²) in [7, 11) is 2.18. The average Bonchev–Trinajstić information content (AvgIpc) is 2.84. The van der Waals surface area contributed by atoms with E-state index in [0.717, 1.165) is 57.8 Å². The Morgan fingerprint density at radius 1 is 1.11 bits per heavy atom. The zero-order valence-corrected chi connectivity index (χ0v) is 21.9. The van der Waals surface area contributed by atoms with E-state index >= 15 is 0 Å². The second-order valence-electron chi connectivity index (χ2n) is 9.47. The Labute approximate surface area is 217 Å². The van der Waals surface area contributed by atoms with Crippen LogP contribution >= 0.6 is 11.6 Å². The van der Waals surface area contributed by atoms with E-state index in [2.05, 4.69) is 42.3 Å². The monoisotopic (exact) mass is 514 g/mol. The Hall–Kier alpha value is -2.95. The van der Waals surface area contributed by atoms with E-state index in [1.165, 1.54) is 6.92 Å². The Morgan fingerprint density at radius 3 is 2.42 bits per heavy atom. The molecule has 36 heavy (non-hydrogen) atoms. The molecule has 0 unspecified atom stereocenters. The second-order valence-corrected chi connectivity index (χ2v) is 9.83. The number of hydrogen-bond donors (Lipinski definition) is 3. The van der Waals surface area contributed by atoms with Gasteiger partial charge < -0.3 is 26.2 Å². The summed E-state index contributed by atoms with van der Waals surface area (Å²) in [6, 6.07) is 6.30. The minimum Gasteiger partial charge on any atom is -0.370 e. The fourth-order valence-corrected chi connectivity index (χ4v) is 5.17. The zero-order chi connectivity index (χ0) is 25.8. The fourth-order valence-electron chi connectivity index (χ4n) is 4.91. The minimum atomic E-state index is -0.696. The topological polar surface area (TPSA) is 120 Å². The minimum absolute atomic E-state index is 0.0207. The van der Waals surface area contributed by atoms with Gasteiger partial charge in [-0.1, -0.05) is 18.5 Å². The van der Waals surface area contributed by atoms with Crippen molar-refractivity contribution in [3.05, 3.63) is 34.7 Å². The summed E-state index contributed by atoms with van der Waals surface area (Å²) in [5.74, 6) is -0.675. The van der Waals surface area contributed by atoms with Crippen molar-refractivity contribution >= 4 is 46.3 Å². The number of hydrogen-bond acceptors (Lipinski definition) is 8. The molecule has 0 bridgehead atoms. The number of nitrogens with zero attached hydrogens (tertiary/aromatic N) is 5. The van der Waals surface area contributed by atoms with Crippen LogP contribution in [0.5, 0.6) is 0 Å². The van der Waals surface area contributed by atoms with E-state index in [4.69, 9.17) is 17.3 Å². The highest BCUT2D eigenvalue weighted by Crippen LogP contribution is 2.33. The number of carbonyl (C=O) groups is 2. The van der Waals surface area contributed by atoms with E-state index in [9.17, 15) is 9.59 Å². The average molecular weight is 515 g/mol. The molecule has 194 valence electrons. The molecule has 2 aliphatic rings. The van der Waals surface area contributed by atoms with Gasteiger partial charge in [0.1, 0.15) is 0 Å². The number of nitrogens with one attached hydrogen (secondary N) is 2. The van der Waals surface area contributed by atoms with E-state index in [0.29, 0.717) is 29.5 Å². The van der Waals surface area contributed by atoms with Crippen molar-refractivity contribution in [2.75, 3.05) is 61.8 Å². The highest BCUT2D eigenvalue weighted by molar-refractivity contribution is 6.30. The van der Waals surface area contributed by atoms with Gasteiger partial charge in [0.15, 0.2) is 16.7 Å². The first-order valence-electron chi connectivity index (χ1n) is 12.5. The lowest BCUT2D eigenvalue weighted by atomic mass is 10.0. The molecule has 2 saturated heterocycles. The van der Waals surface area contributed by atoms with Gasteiger partial charge in [-0.05, 0) is 44.5 Å². The van der Waals surface area contributed by atoms with Crippen molar-refractivity contribution in [2.45, 2.75) is 39.2 Å². The number of amides is 2. The molecule has 0 saturated carbocycles. The first-order valence-corrected chi connectivity index (χ1v) is 12.8. The van der Waals surface area contributed by atoms with Crippen LogP contribution in [0.4, 0.5) is 22.9 Å². The molecule has 10 nitrogen and oxygen atoms in total. The number of carbonyl (C=O) groups excluding carboxylic acids is 2. The van der Waals surface area contributed by atoms with E-state index in [1.54, 1.807) is 0 Å². The van der Waals surface area contributed by atoms with Gasteiger partial charge >= 0.3 is 0 Å². The van der Waals surface area contributed by atoms with Crippen LogP contribution in [-0.2, 0) is 11.2 Å². The van der Waals surface area contributed by atoms with Gasteiger partial charge in [-0.2, -0.15) is 0 Å². The third-order valence-electron chi connectivity index (χ3n) is 6.92. The van der Waals surface area contributed by atoms with Crippen molar-refractivity contribution in [3.63, 3.8) is 0 Å². The number of benzene rings is 1. The number of aromatic nitrogens is 2. The highest BCUT2D eigenvalue weighted by atomic mass is 35.5. The van der Waals surface area contributed by atoms with Crippen LogP contribution in [0, 0.1) is 0 Å². The molecule has 0 radical (unpaired) electrons. The van der Waals surface area contributed by atoms with Gasteiger partial charge in [-0.3, -0.25) is 14.5 Å². The molecule has 0 spiro atoms. The molecule has 3 heterocycles. The van der Waals surface area contributed by atoms with Gasteiger partial charge in [-0.15, -0.1) is 0 Å². The molecule has 2 fully saturated rings. The smallest absolute Gasteiger partial charge is 0.271 e. The first kappa shape index (κ1) is 26.1. The number of anilines is 4. The molecule has 11 heteroatoms. The molecule has 0 aliphatic carbocycles. The molecule has 4 rings (SSSR count). The lowest BCUT2D eigenvalue weighted by Gasteiger charge is -2.43. The predicted molar refractivity (Wildman–Crippen MR) is 143 cm³/mol. The molecule has 1 aromatic heterocycles. The summed E-state index contributed by atoms with van der Waals surface area (Å²) >= 11 is 6.24. The maximum Gasteiger partial charge on any atom is 0.271 e. The van der Waals surface area contributed by atoms with Gasteiger partial charge in [0.2, 0.25) is 5.91 Å². The van der Waals surface area contributed by atoms with Crippen LogP contribution in [0.25, 0.3) is 0 Å². The normalized spacial score (nSPS) is 17.7. The van der Waals surface area contributed by atoms with Crippen LogP contribution in [0.1, 0.15) is 42.9 Å². The Balaban J connectivity index is 1.52. The number of nitrogens with two attached hydrogens (primary N) is 1. The second kappa shape index (κ2) is 11.4. The maximum atomic E-state index is 12.0. The number of primary amides is 1. The molecule has 0 atom stereocenters. The zero-order valence-electron chi connectivity index (χ0n) is 21.2. The van der Waals surface area contributed by atoms with Crippen LogP contribution < -0.4 is 21.3 Å². The predicted octanol–water partition coefficient (Wildman–Crippen LogP) is 2.71. The molecule has 2 aliphatic heterocycles. The summed E-state index contributed by atoms with van der Waals surface area (Å²) in [6.45, 7) is 9.69. The summed E-state index contributed by atoms with van der Waals surface area (Å²) in [5.41, 5.74) is 8.35. The van der Waals surface area contributed by atoms with Crippen molar-refractivity contribution in [2.24, 2.45) is 5.73 Å². The standard InChI is InChI=1S/C25H35ClN8O2/c1-4-19-23(26)31-25(22(30-19)24(27)36)29-17-5-6-21(20(15-17)28-16(2)35)34-9-7-18(8-10-34)33-13-11-32(3)12-14-33/h5-6,15,18H,4,7-14H2,1-3H3,(H2,27,36)(H,28,35)(H,29,31). The number of likely N-dealkylation sites (N-methyl/N-ethyl adjacent to an activating group) is 1. The van der Waals surface area contributed by atoms with Gasteiger partial charge in [-0.25, -0.2) is 9.97 Å². The number of piperazine rings is 1. The third kappa shape index (κ3) is 6.05. The van der Waals surface area contributed by atoms with Crippen LogP contribution in [-0.4, -0.2) is 83.9 Å². The van der Waals surface area contributed by atoms with Gasteiger partial charge in [0, 0.05) is 57.9 Å². The Kier molecular flexibility index (Phi) is 8.28. The third-order valence-corrected chi connectivity index (χ3v) is 7.22. The quantitative estimate of drug-likeness (QED) is 0.516. The molecule has 2 aromatic rings. The summed E-state index contributed by atoms with van der Waals surface area (Å²) in [5, 5.41) is 6.27. The lowest BCUT2D eigenvalue weighted by molar-refractivity contribution is -0.114. The Morgan fingerprint density at radius 2 is 1.81 bits per heavy atom. The summed E-state index contributed by atoms with van der Waals surface area (Å²) in [4.78, 5) is 39.9. The van der Waals surface area contributed by atoms with E-state index < -0.39 is 5.91 Å². The van der Waals surface area contributed by atoms with Gasteiger partial charge in [0.05, 0.1) is 17.1 Å². The number of piperidine rings is 1. The summed E-state index contributed by atoms with van der Waals surface area (Å²) < 4.78 is 0. The SMILES string of the molecule is CCc1nc(C(N)=O)c(Nc2ccc(N3CCC(N4CCN(C)CC4)CC3)c(NC(C)=O)c2)nc1Cl. The number of halogens is 1. The fraction of sp³-hybridized carbons (Fsp3) is 0.520. The largest absolute Gasteiger partial charge is 0.370 e. The lowest BCUT2D eigenvalue weighted by Crippen LogP contribution is -2.52. The van der Waals surface area contributed by atoms with Crippen molar-refractivity contribution < 1.29 is 9.59 Å². The number of aryl methyl sites for hydroxylation is 1. The molecular weight excluding hydrogens is 480 g/mol. The number of rotatable bonds is 7. The highest BCUT2D eigenvalue weighted by Gasteiger charge is 2.28. The molecule has 1 aromatic carbocycles. The van der Waals surface area contributed by atoms with E-state index in [-0.39, 0.29) is 22.6 Å². The van der Waals surface area contributed by atoms with Crippen molar-refractivity contribution in [1.29, 1.82) is 0 Å². The van der Waals surface area contributed by atoms with Crippen LogP contribution in [0.3, 0.4) is 0 Å². The Bertz CT molecular complexity index is 1110. The van der Waals surface area contributed by atoms with Crippen molar-refractivity contribution in [1.82, 2.24) is 19.8 Å². The first-order chi connectivity index (χ1) is 17.2. The van der Waals surface area contributed by atoms with Crippen LogP contribution in [0.2, 0.25) is 5.15 Å². The van der Waals surface area contributed by atoms with Gasteiger partial charge in [0.25, 0.3) is 5.91 Å². The van der Waals surface area contributed by atoms with Crippen molar-refractivity contribution in [3.8, 4) is 0 Å². The molecule has 4 N–H and O–H groups in total. The maximum absolute atomic E-state index is 12.0. The van der Waals surface area contributed by atoms with Crippen LogP contribution in [0.15, 0.2) is 18.2 Å². The molecular formula is C25H35ClN8O2.